The largest absolute Gasteiger partial charge is 0.459 e. The lowest BCUT2D eigenvalue weighted by atomic mass is 10.1. The van der Waals surface area contributed by atoms with Crippen molar-refractivity contribution in [2.24, 2.45) is 0 Å². The average molecular weight is 394 g/mol. The molecule has 0 radical (unpaired) electrons. The van der Waals surface area contributed by atoms with Crippen molar-refractivity contribution in [3.63, 3.8) is 0 Å². The highest BCUT2D eigenvalue weighted by Gasteiger charge is 2.45. The molecule has 1 aliphatic heterocycles. The van der Waals surface area contributed by atoms with Crippen LogP contribution < -0.4 is 5.32 Å². The summed E-state index contributed by atoms with van der Waals surface area (Å²) in [6.45, 7) is 0.0582. The van der Waals surface area contributed by atoms with Crippen molar-refractivity contribution in [3.8, 4) is 0 Å². The quantitative estimate of drug-likeness (QED) is 0.599. The number of rotatable bonds is 6. The summed E-state index contributed by atoms with van der Waals surface area (Å²) in [6.07, 6.45) is 0.665. The average Bonchev–Trinajstić information content (AvgIpc) is 3.08. The van der Waals surface area contributed by atoms with Gasteiger partial charge in [0.15, 0.2) is 0 Å². The maximum Gasteiger partial charge on any atom is 0.417 e. The maximum atomic E-state index is 12.6. The molecule has 3 rings (SSSR count). The van der Waals surface area contributed by atoms with Crippen molar-refractivity contribution in [2.45, 2.75) is 25.7 Å². The molecular formula is C22H22N2O5. The molecule has 0 aliphatic carbocycles. The van der Waals surface area contributed by atoms with Crippen LogP contribution in [0.15, 0.2) is 72.4 Å². The highest BCUT2D eigenvalue weighted by Crippen LogP contribution is 2.26. The van der Waals surface area contributed by atoms with E-state index in [2.05, 4.69) is 5.32 Å². The lowest BCUT2D eigenvalue weighted by Gasteiger charge is -2.20. The number of amides is 2. The number of imide groups is 1. The van der Waals surface area contributed by atoms with Crippen molar-refractivity contribution >= 4 is 18.0 Å². The van der Waals surface area contributed by atoms with E-state index in [1.807, 2.05) is 48.5 Å². The topological polar surface area (TPSA) is 84.9 Å². The predicted molar refractivity (Wildman–Crippen MR) is 105 cm³/mol. The zero-order valence-corrected chi connectivity index (χ0v) is 16.0. The zero-order chi connectivity index (χ0) is 20.6. The number of likely N-dealkylation sites (tertiary alicyclic amines) is 1. The fourth-order valence-corrected chi connectivity index (χ4v) is 2.99. The number of benzene rings is 2. The smallest absolute Gasteiger partial charge is 0.417 e. The number of ether oxygens (including phenoxy) is 2. The summed E-state index contributed by atoms with van der Waals surface area (Å²) in [5.74, 6) is -1.22. The van der Waals surface area contributed by atoms with Gasteiger partial charge in [-0.05, 0) is 11.1 Å². The summed E-state index contributed by atoms with van der Waals surface area (Å²) in [5, 5.41) is 2.76. The first-order valence-electron chi connectivity index (χ1n) is 9.21. The van der Waals surface area contributed by atoms with Gasteiger partial charge in [-0.15, -0.1) is 0 Å². The molecule has 0 saturated carbocycles. The van der Waals surface area contributed by atoms with Gasteiger partial charge in [0, 0.05) is 25.2 Å². The minimum atomic E-state index is -1.06. The molecule has 0 bridgehead atoms. The van der Waals surface area contributed by atoms with Gasteiger partial charge < -0.3 is 14.8 Å². The Morgan fingerprint density at radius 2 is 1.55 bits per heavy atom. The lowest BCUT2D eigenvalue weighted by molar-refractivity contribution is -0.152. The Labute approximate surface area is 168 Å². The molecule has 1 atom stereocenters. The van der Waals surface area contributed by atoms with Crippen LogP contribution in [0.25, 0.3) is 0 Å². The van der Waals surface area contributed by atoms with Crippen LogP contribution in [0.1, 0.15) is 17.5 Å². The molecule has 1 fully saturated rings. The summed E-state index contributed by atoms with van der Waals surface area (Å²) in [6, 6.07) is 17.2. The molecule has 7 heteroatoms. The van der Waals surface area contributed by atoms with Gasteiger partial charge in [0.2, 0.25) is 0 Å². The second kappa shape index (κ2) is 9.54. The van der Waals surface area contributed by atoms with E-state index in [1.165, 1.54) is 6.20 Å². The van der Waals surface area contributed by atoms with Crippen LogP contribution in [0.2, 0.25) is 0 Å². The third-order valence-corrected chi connectivity index (χ3v) is 4.43. The van der Waals surface area contributed by atoms with Gasteiger partial charge in [0.05, 0.1) is 0 Å². The molecule has 29 heavy (non-hydrogen) atoms. The van der Waals surface area contributed by atoms with Crippen LogP contribution in [-0.2, 0) is 32.3 Å². The van der Waals surface area contributed by atoms with E-state index in [0.717, 1.165) is 16.0 Å². The van der Waals surface area contributed by atoms with Gasteiger partial charge in [0.25, 0.3) is 5.91 Å². The fraction of sp³-hybridized carbons (Fsp3) is 0.227. The van der Waals surface area contributed by atoms with E-state index in [0.29, 0.717) is 5.57 Å². The van der Waals surface area contributed by atoms with E-state index >= 15 is 0 Å². The normalized spacial score (nSPS) is 17.3. The number of nitrogens with one attached hydrogen (secondary N) is 1. The highest BCUT2D eigenvalue weighted by molar-refractivity contribution is 6.08. The second-order valence-corrected chi connectivity index (χ2v) is 6.49. The van der Waals surface area contributed by atoms with Crippen molar-refractivity contribution in [3.05, 3.63) is 83.6 Å². The van der Waals surface area contributed by atoms with Crippen LogP contribution >= 0.6 is 0 Å². The molecule has 1 N–H and O–H groups in total. The number of carbonyl (C=O) groups is 3. The third-order valence-electron chi connectivity index (χ3n) is 4.43. The van der Waals surface area contributed by atoms with E-state index in [-0.39, 0.29) is 19.6 Å². The van der Waals surface area contributed by atoms with Gasteiger partial charge in [0.1, 0.15) is 19.3 Å². The lowest BCUT2D eigenvalue weighted by Crippen LogP contribution is -2.44. The summed E-state index contributed by atoms with van der Waals surface area (Å²) in [5.41, 5.74) is 1.90. The SMILES string of the molecule is CN/C=C1/C[C@@H](C(=O)OCc2ccccc2)N(C(=O)OCc2ccccc2)C1=O. The van der Waals surface area contributed by atoms with Gasteiger partial charge in [-0.2, -0.15) is 0 Å². The van der Waals surface area contributed by atoms with Gasteiger partial charge in [-0.1, -0.05) is 60.7 Å². The summed E-state index contributed by atoms with van der Waals surface area (Å²) >= 11 is 0. The van der Waals surface area contributed by atoms with Crippen LogP contribution in [0.5, 0.6) is 0 Å². The number of carbonyl (C=O) groups excluding carboxylic acids is 3. The molecule has 1 saturated heterocycles. The summed E-state index contributed by atoms with van der Waals surface area (Å²) < 4.78 is 10.6. The first-order valence-corrected chi connectivity index (χ1v) is 9.21. The predicted octanol–water partition coefficient (Wildman–Crippen LogP) is 2.77. The molecule has 2 aromatic carbocycles. The monoisotopic (exact) mass is 394 g/mol. The third kappa shape index (κ3) is 5.01. The van der Waals surface area contributed by atoms with Crippen LogP contribution in [0.3, 0.4) is 0 Å². The van der Waals surface area contributed by atoms with Gasteiger partial charge in [-0.25, -0.2) is 14.5 Å². The number of hydrogen-bond acceptors (Lipinski definition) is 6. The molecule has 150 valence electrons. The molecule has 1 heterocycles. The minimum absolute atomic E-state index is 0.000309. The van der Waals surface area contributed by atoms with E-state index < -0.39 is 24.0 Å². The van der Waals surface area contributed by atoms with Crippen molar-refractivity contribution in [2.75, 3.05) is 7.05 Å². The molecule has 0 unspecified atom stereocenters. The standard InChI is InChI=1S/C22H22N2O5/c1-23-13-18-12-19(21(26)28-14-16-8-4-2-5-9-16)24(20(18)25)22(27)29-15-17-10-6-3-7-11-17/h2-11,13,19,23H,12,14-15H2,1H3/b18-13-/t19-/m0/s1. The number of hydrogen-bond donors (Lipinski definition) is 1. The van der Waals surface area contributed by atoms with E-state index in [4.69, 9.17) is 9.47 Å². The Hall–Kier alpha value is -3.61. The Morgan fingerprint density at radius 1 is 1.00 bits per heavy atom. The summed E-state index contributed by atoms with van der Waals surface area (Å²) in [7, 11) is 1.64. The fourth-order valence-electron chi connectivity index (χ4n) is 2.99. The molecule has 2 aromatic rings. The Morgan fingerprint density at radius 3 is 2.10 bits per heavy atom. The van der Waals surface area contributed by atoms with E-state index in [1.54, 1.807) is 19.2 Å². The first kappa shape index (κ1) is 20.1. The highest BCUT2D eigenvalue weighted by atomic mass is 16.6. The minimum Gasteiger partial charge on any atom is -0.459 e. The maximum absolute atomic E-state index is 12.6. The van der Waals surface area contributed by atoms with Crippen molar-refractivity contribution in [1.29, 1.82) is 0 Å². The molecule has 7 nitrogen and oxygen atoms in total. The molecule has 0 aromatic heterocycles. The first-order chi connectivity index (χ1) is 14.1. The molecular weight excluding hydrogens is 372 g/mol. The van der Waals surface area contributed by atoms with Crippen molar-refractivity contribution in [1.82, 2.24) is 10.2 Å². The number of nitrogens with zero attached hydrogens (tertiary/aromatic N) is 1. The summed E-state index contributed by atoms with van der Waals surface area (Å²) in [4.78, 5) is 38.7. The van der Waals surface area contributed by atoms with Crippen LogP contribution in [0.4, 0.5) is 4.79 Å². The van der Waals surface area contributed by atoms with Gasteiger partial charge >= 0.3 is 12.1 Å². The zero-order valence-electron chi connectivity index (χ0n) is 16.0. The number of esters is 1. The van der Waals surface area contributed by atoms with Crippen LogP contribution in [-0.4, -0.2) is 36.0 Å². The second-order valence-electron chi connectivity index (χ2n) is 6.49. The Kier molecular flexibility index (Phi) is 6.63. The van der Waals surface area contributed by atoms with Gasteiger partial charge in [-0.3, -0.25) is 4.79 Å². The molecule has 0 spiro atoms. The Balaban J connectivity index is 1.70. The van der Waals surface area contributed by atoms with E-state index in [9.17, 15) is 14.4 Å². The molecule has 2 amide bonds. The Bertz CT molecular complexity index is 896. The van der Waals surface area contributed by atoms with Crippen molar-refractivity contribution < 1.29 is 23.9 Å². The molecule has 1 aliphatic rings. The van der Waals surface area contributed by atoms with Crippen LogP contribution in [0, 0.1) is 0 Å².